The molecule has 0 aliphatic rings. The Labute approximate surface area is 104 Å². The molecule has 0 atom stereocenters. The summed E-state index contributed by atoms with van der Waals surface area (Å²) in [4.78, 5) is 11.8. The molecule has 0 aromatic heterocycles. The third-order valence-electron chi connectivity index (χ3n) is 1.99. The van der Waals surface area contributed by atoms with E-state index in [2.05, 4.69) is 6.58 Å². The predicted molar refractivity (Wildman–Crippen MR) is 68.6 cm³/mol. The lowest BCUT2D eigenvalue weighted by Crippen LogP contribution is -1.97. The number of halogens is 1. The van der Waals surface area contributed by atoms with Gasteiger partial charge in [0.1, 0.15) is 0 Å². The zero-order valence-electron chi connectivity index (χ0n) is 8.78. The molecule has 0 aliphatic heterocycles. The first-order chi connectivity index (χ1) is 7.65. The van der Waals surface area contributed by atoms with Crippen LogP contribution < -0.4 is 0 Å². The van der Waals surface area contributed by atoms with Crippen molar-refractivity contribution >= 4 is 29.3 Å². The number of carboxylic acid groups (broad SMARTS) is 1. The third kappa shape index (κ3) is 3.91. The van der Waals surface area contributed by atoms with Crippen LogP contribution in [0.4, 0.5) is 0 Å². The van der Waals surface area contributed by atoms with E-state index in [1.807, 2.05) is 12.1 Å². The van der Waals surface area contributed by atoms with Gasteiger partial charge in [0.25, 0.3) is 0 Å². The quantitative estimate of drug-likeness (QED) is 0.473. The molecule has 0 saturated carbocycles. The highest BCUT2D eigenvalue weighted by molar-refractivity contribution is 7.99. The van der Waals surface area contributed by atoms with Crippen molar-refractivity contribution in [1.29, 1.82) is 0 Å². The van der Waals surface area contributed by atoms with Crippen LogP contribution in [-0.4, -0.2) is 16.8 Å². The van der Waals surface area contributed by atoms with Gasteiger partial charge in [-0.3, -0.25) is 0 Å². The minimum atomic E-state index is -0.987. The second kappa shape index (κ2) is 6.61. The molecular formula is C12H13ClO2S. The van der Waals surface area contributed by atoms with Crippen molar-refractivity contribution in [2.45, 2.75) is 17.7 Å². The van der Waals surface area contributed by atoms with Crippen LogP contribution in [0.2, 0.25) is 5.02 Å². The van der Waals surface area contributed by atoms with E-state index in [4.69, 9.17) is 16.7 Å². The van der Waals surface area contributed by atoms with Gasteiger partial charge in [-0.15, -0.1) is 18.3 Å². The van der Waals surface area contributed by atoms with E-state index in [9.17, 15) is 4.79 Å². The Morgan fingerprint density at radius 3 is 2.94 bits per heavy atom. The van der Waals surface area contributed by atoms with Crippen LogP contribution >= 0.6 is 23.4 Å². The molecule has 0 saturated heterocycles. The Bertz CT molecular complexity index is 391. The highest BCUT2D eigenvalue weighted by Crippen LogP contribution is 2.25. The highest BCUT2D eigenvalue weighted by atomic mass is 35.5. The fourth-order valence-electron chi connectivity index (χ4n) is 1.18. The van der Waals surface area contributed by atoms with Crippen LogP contribution in [-0.2, 0) is 0 Å². The van der Waals surface area contributed by atoms with Crippen LogP contribution in [0.3, 0.4) is 0 Å². The van der Waals surface area contributed by atoms with Crippen molar-refractivity contribution in [2.75, 3.05) is 5.75 Å². The van der Waals surface area contributed by atoms with E-state index < -0.39 is 5.97 Å². The fourth-order valence-corrected chi connectivity index (χ4v) is 2.29. The summed E-state index contributed by atoms with van der Waals surface area (Å²) < 4.78 is 0. The molecule has 1 aromatic rings. The first-order valence-corrected chi connectivity index (χ1v) is 6.28. The minimum absolute atomic E-state index is 0.162. The molecule has 0 amide bonds. The van der Waals surface area contributed by atoms with Crippen molar-refractivity contribution in [3.05, 3.63) is 41.4 Å². The monoisotopic (exact) mass is 256 g/mol. The van der Waals surface area contributed by atoms with Gasteiger partial charge in [0.15, 0.2) is 0 Å². The van der Waals surface area contributed by atoms with Gasteiger partial charge in [0.05, 0.1) is 10.6 Å². The van der Waals surface area contributed by atoms with Crippen LogP contribution in [0.5, 0.6) is 0 Å². The number of allylic oxidation sites excluding steroid dienone is 1. The van der Waals surface area contributed by atoms with Gasteiger partial charge in [-0.2, -0.15) is 0 Å². The lowest BCUT2D eigenvalue weighted by atomic mass is 10.2. The molecular weight excluding hydrogens is 244 g/mol. The first-order valence-electron chi connectivity index (χ1n) is 4.91. The van der Waals surface area contributed by atoms with Gasteiger partial charge in [-0.25, -0.2) is 4.79 Å². The zero-order valence-corrected chi connectivity index (χ0v) is 10.4. The molecule has 0 bridgehead atoms. The van der Waals surface area contributed by atoms with Gasteiger partial charge in [-0.05, 0) is 36.8 Å². The van der Waals surface area contributed by atoms with Crippen LogP contribution in [0.15, 0.2) is 35.7 Å². The molecule has 0 heterocycles. The van der Waals surface area contributed by atoms with E-state index in [0.29, 0.717) is 0 Å². The Morgan fingerprint density at radius 2 is 2.31 bits per heavy atom. The van der Waals surface area contributed by atoms with Crippen molar-refractivity contribution in [3.63, 3.8) is 0 Å². The molecule has 0 unspecified atom stereocenters. The number of benzene rings is 1. The lowest BCUT2D eigenvalue weighted by molar-refractivity contribution is 0.0697. The molecule has 1 rings (SSSR count). The van der Waals surface area contributed by atoms with E-state index >= 15 is 0 Å². The van der Waals surface area contributed by atoms with Crippen molar-refractivity contribution in [2.24, 2.45) is 0 Å². The summed E-state index contributed by atoms with van der Waals surface area (Å²) in [6.45, 7) is 3.65. The Morgan fingerprint density at radius 1 is 1.56 bits per heavy atom. The zero-order chi connectivity index (χ0) is 12.0. The second-order valence-corrected chi connectivity index (χ2v) is 4.80. The van der Waals surface area contributed by atoms with Gasteiger partial charge in [0.2, 0.25) is 0 Å². The number of hydrogen-bond donors (Lipinski definition) is 1. The summed E-state index contributed by atoms with van der Waals surface area (Å²) in [5, 5.41) is 9.17. The standard InChI is InChI=1S/C12H13ClO2S/c1-2-3-4-7-16-9-5-6-11(13)10(8-9)12(14)15/h2,5-6,8H,1,3-4,7H2,(H,14,15). The molecule has 0 fully saturated rings. The Hall–Kier alpha value is -0.930. The molecule has 1 N–H and O–H groups in total. The van der Waals surface area contributed by atoms with Gasteiger partial charge in [-0.1, -0.05) is 17.7 Å². The predicted octanol–water partition coefficient (Wildman–Crippen LogP) is 4.10. The summed E-state index contributed by atoms with van der Waals surface area (Å²) in [6, 6.07) is 5.08. The lowest BCUT2D eigenvalue weighted by Gasteiger charge is -2.03. The van der Waals surface area contributed by atoms with E-state index in [1.54, 1.807) is 23.9 Å². The topological polar surface area (TPSA) is 37.3 Å². The molecule has 0 spiro atoms. The molecule has 0 radical (unpaired) electrons. The maximum atomic E-state index is 10.8. The summed E-state index contributed by atoms with van der Waals surface area (Å²) in [6.07, 6.45) is 3.90. The number of carbonyl (C=O) groups is 1. The van der Waals surface area contributed by atoms with E-state index in [1.165, 1.54) is 0 Å². The second-order valence-electron chi connectivity index (χ2n) is 3.23. The molecule has 16 heavy (non-hydrogen) atoms. The Balaban J connectivity index is 2.64. The van der Waals surface area contributed by atoms with Crippen LogP contribution in [0.1, 0.15) is 23.2 Å². The number of aromatic carboxylic acids is 1. The number of unbranched alkanes of at least 4 members (excludes halogenated alkanes) is 1. The minimum Gasteiger partial charge on any atom is -0.478 e. The fraction of sp³-hybridized carbons (Fsp3) is 0.250. The highest BCUT2D eigenvalue weighted by Gasteiger charge is 2.09. The Kier molecular flexibility index (Phi) is 5.43. The smallest absolute Gasteiger partial charge is 0.337 e. The van der Waals surface area contributed by atoms with Crippen molar-refractivity contribution < 1.29 is 9.90 Å². The molecule has 1 aromatic carbocycles. The average Bonchev–Trinajstić information content (AvgIpc) is 2.26. The molecule has 4 heteroatoms. The van der Waals surface area contributed by atoms with Gasteiger partial charge >= 0.3 is 5.97 Å². The largest absolute Gasteiger partial charge is 0.478 e. The summed E-state index contributed by atoms with van der Waals surface area (Å²) in [7, 11) is 0. The SMILES string of the molecule is C=CCCCSc1ccc(Cl)c(C(=O)O)c1. The van der Waals surface area contributed by atoms with E-state index in [0.717, 1.165) is 23.5 Å². The first kappa shape index (κ1) is 13.1. The summed E-state index contributed by atoms with van der Waals surface area (Å²) in [5.74, 6) is -0.0364. The normalized spacial score (nSPS) is 10.1. The number of thioether (sulfide) groups is 1. The molecule has 86 valence electrons. The number of rotatable bonds is 6. The summed E-state index contributed by atoms with van der Waals surface area (Å²) >= 11 is 7.40. The van der Waals surface area contributed by atoms with Crippen molar-refractivity contribution in [1.82, 2.24) is 0 Å². The van der Waals surface area contributed by atoms with Gasteiger partial charge in [0, 0.05) is 4.90 Å². The maximum absolute atomic E-state index is 10.8. The van der Waals surface area contributed by atoms with Gasteiger partial charge < -0.3 is 5.11 Å². The molecule has 0 aliphatic carbocycles. The van der Waals surface area contributed by atoms with Crippen molar-refractivity contribution in [3.8, 4) is 0 Å². The summed E-state index contributed by atoms with van der Waals surface area (Å²) in [5.41, 5.74) is 0.162. The number of carboxylic acids is 1. The third-order valence-corrected chi connectivity index (χ3v) is 3.40. The van der Waals surface area contributed by atoms with E-state index in [-0.39, 0.29) is 10.6 Å². The molecule has 2 nitrogen and oxygen atoms in total. The maximum Gasteiger partial charge on any atom is 0.337 e. The van der Waals surface area contributed by atoms with Crippen LogP contribution in [0.25, 0.3) is 0 Å². The van der Waals surface area contributed by atoms with Crippen LogP contribution in [0, 0.1) is 0 Å². The average molecular weight is 257 g/mol. The number of hydrogen-bond acceptors (Lipinski definition) is 2.